The normalized spacial score (nSPS) is 12.2. The van der Waals surface area contributed by atoms with Crippen molar-refractivity contribution in [3.05, 3.63) is 56.4 Å². The predicted octanol–water partition coefficient (Wildman–Crippen LogP) is 3.11. The fraction of sp³-hybridized carbons (Fsp3) is 0.154. The third kappa shape index (κ3) is 3.86. The van der Waals surface area contributed by atoms with Gasteiger partial charge in [0.15, 0.2) is 0 Å². The first-order chi connectivity index (χ1) is 9.06. The number of carbonyl (C=O) groups is 1. The molecule has 0 aliphatic carbocycles. The molecule has 2 N–H and O–H groups in total. The van der Waals surface area contributed by atoms with Gasteiger partial charge in [-0.15, -0.1) is 0 Å². The Morgan fingerprint density at radius 3 is 2.89 bits per heavy atom. The minimum atomic E-state index is -0.757. The van der Waals surface area contributed by atoms with Gasteiger partial charge in [0.25, 0.3) is 5.91 Å². The van der Waals surface area contributed by atoms with Gasteiger partial charge in [0.05, 0.1) is 6.10 Å². The van der Waals surface area contributed by atoms with Crippen LogP contribution in [0.3, 0.4) is 0 Å². The number of amides is 1. The molecular formula is C13H11BrFNO2S. The largest absolute Gasteiger partial charge is 0.387 e. The van der Waals surface area contributed by atoms with Gasteiger partial charge in [-0.25, -0.2) is 4.39 Å². The molecule has 100 valence electrons. The maximum atomic E-state index is 13.2. The number of benzene rings is 1. The molecule has 3 nitrogen and oxygen atoms in total. The molecule has 0 aliphatic rings. The molecule has 1 heterocycles. The lowest BCUT2D eigenvalue weighted by molar-refractivity contribution is 0.0916. The molecule has 0 radical (unpaired) electrons. The molecule has 1 unspecified atom stereocenters. The zero-order chi connectivity index (χ0) is 13.8. The number of carbonyl (C=O) groups excluding carboxylic acids is 1. The van der Waals surface area contributed by atoms with Crippen molar-refractivity contribution in [2.24, 2.45) is 0 Å². The molecule has 1 amide bonds. The lowest BCUT2D eigenvalue weighted by atomic mass is 10.2. The number of hydrogen-bond acceptors (Lipinski definition) is 3. The highest BCUT2D eigenvalue weighted by molar-refractivity contribution is 9.10. The van der Waals surface area contributed by atoms with Crippen LogP contribution in [0.4, 0.5) is 4.39 Å². The van der Waals surface area contributed by atoms with Gasteiger partial charge in [-0.3, -0.25) is 4.79 Å². The van der Waals surface area contributed by atoms with E-state index in [4.69, 9.17) is 0 Å². The van der Waals surface area contributed by atoms with Crippen LogP contribution in [0.15, 0.2) is 39.5 Å². The highest BCUT2D eigenvalue weighted by Gasteiger charge is 2.12. The van der Waals surface area contributed by atoms with Crippen molar-refractivity contribution in [3.8, 4) is 0 Å². The van der Waals surface area contributed by atoms with E-state index in [1.165, 1.54) is 23.5 Å². The monoisotopic (exact) mass is 343 g/mol. The summed E-state index contributed by atoms with van der Waals surface area (Å²) in [4.78, 5) is 11.8. The highest BCUT2D eigenvalue weighted by Crippen LogP contribution is 2.17. The molecule has 1 atom stereocenters. The van der Waals surface area contributed by atoms with Gasteiger partial charge in [-0.1, -0.05) is 15.9 Å². The van der Waals surface area contributed by atoms with Crippen LogP contribution in [0, 0.1) is 5.82 Å². The fourth-order valence-electron chi connectivity index (χ4n) is 1.56. The van der Waals surface area contributed by atoms with E-state index in [0.717, 1.165) is 11.6 Å². The average Bonchev–Trinajstić information content (AvgIpc) is 2.88. The van der Waals surface area contributed by atoms with Gasteiger partial charge in [-0.2, -0.15) is 11.3 Å². The third-order valence-electron chi connectivity index (χ3n) is 2.51. The number of nitrogens with one attached hydrogen (secondary N) is 1. The number of halogens is 2. The highest BCUT2D eigenvalue weighted by atomic mass is 79.9. The average molecular weight is 344 g/mol. The quantitative estimate of drug-likeness (QED) is 0.895. The summed E-state index contributed by atoms with van der Waals surface area (Å²) in [6.07, 6.45) is -0.757. The number of rotatable bonds is 4. The Kier molecular flexibility index (Phi) is 4.68. The van der Waals surface area contributed by atoms with Crippen LogP contribution in [0.1, 0.15) is 22.0 Å². The molecule has 1 aromatic carbocycles. The van der Waals surface area contributed by atoms with Crippen LogP contribution in [0.2, 0.25) is 0 Å². The summed E-state index contributed by atoms with van der Waals surface area (Å²) in [6.45, 7) is 0.0870. The molecule has 0 saturated heterocycles. The van der Waals surface area contributed by atoms with Crippen molar-refractivity contribution in [1.29, 1.82) is 0 Å². The zero-order valence-corrected chi connectivity index (χ0v) is 12.2. The Bertz CT molecular complexity index is 554. The maximum absolute atomic E-state index is 13.2. The van der Waals surface area contributed by atoms with Gasteiger partial charge >= 0.3 is 0 Å². The summed E-state index contributed by atoms with van der Waals surface area (Å²) in [5, 5.41) is 16.1. The Hall–Kier alpha value is -1.24. The molecule has 0 bridgehead atoms. The lowest BCUT2D eigenvalue weighted by Crippen LogP contribution is -2.28. The van der Waals surface area contributed by atoms with E-state index >= 15 is 0 Å². The van der Waals surface area contributed by atoms with Crippen LogP contribution >= 0.6 is 27.3 Å². The molecule has 0 fully saturated rings. The molecule has 6 heteroatoms. The summed E-state index contributed by atoms with van der Waals surface area (Å²) in [6, 6.07) is 5.74. The van der Waals surface area contributed by atoms with Gasteiger partial charge in [0, 0.05) is 16.6 Å². The molecule has 2 aromatic rings. The zero-order valence-electron chi connectivity index (χ0n) is 9.77. The summed E-state index contributed by atoms with van der Waals surface area (Å²) < 4.78 is 13.6. The Labute approximate surface area is 122 Å². The summed E-state index contributed by atoms with van der Waals surface area (Å²) >= 11 is 4.60. The Morgan fingerprint density at radius 2 is 2.26 bits per heavy atom. The minimum Gasteiger partial charge on any atom is -0.387 e. The third-order valence-corrected chi connectivity index (χ3v) is 3.67. The van der Waals surface area contributed by atoms with Crippen molar-refractivity contribution in [2.75, 3.05) is 6.54 Å². The van der Waals surface area contributed by atoms with E-state index in [1.807, 2.05) is 10.8 Å². The number of thiophene rings is 1. The van der Waals surface area contributed by atoms with Gasteiger partial charge in [0.1, 0.15) is 5.82 Å². The van der Waals surface area contributed by atoms with Gasteiger partial charge < -0.3 is 10.4 Å². The Morgan fingerprint density at radius 1 is 1.47 bits per heavy atom. The molecule has 0 aliphatic heterocycles. The molecular weight excluding hydrogens is 333 g/mol. The molecule has 0 saturated carbocycles. The fourth-order valence-corrected chi connectivity index (χ4v) is 2.73. The summed E-state index contributed by atoms with van der Waals surface area (Å²) in [5.41, 5.74) is 0.968. The maximum Gasteiger partial charge on any atom is 0.251 e. The second-order valence-corrected chi connectivity index (χ2v) is 5.64. The first kappa shape index (κ1) is 14.2. The molecule has 2 rings (SSSR count). The lowest BCUT2D eigenvalue weighted by Gasteiger charge is -2.10. The van der Waals surface area contributed by atoms with Crippen LogP contribution < -0.4 is 5.32 Å². The van der Waals surface area contributed by atoms with Gasteiger partial charge in [0.2, 0.25) is 0 Å². The van der Waals surface area contributed by atoms with E-state index in [0.29, 0.717) is 4.47 Å². The van der Waals surface area contributed by atoms with Gasteiger partial charge in [-0.05, 0) is 40.6 Å². The SMILES string of the molecule is O=C(NCC(O)c1ccsc1)c1cc(F)cc(Br)c1. The van der Waals surface area contributed by atoms with Crippen molar-refractivity contribution in [3.63, 3.8) is 0 Å². The van der Waals surface area contributed by atoms with Crippen molar-refractivity contribution in [2.45, 2.75) is 6.10 Å². The van der Waals surface area contributed by atoms with Crippen LogP contribution in [0.5, 0.6) is 0 Å². The molecule has 1 aromatic heterocycles. The molecule has 0 spiro atoms. The number of hydrogen-bond donors (Lipinski definition) is 2. The second kappa shape index (κ2) is 6.27. The topological polar surface area (TPSA) is 49.3 Å². The van der Waals surface area contributed by atoms with E-state index in [-0.39, 0.29) is 12.1 Å². The van der Waals surface area contributed by atoms with E-state index < -0.39 is 17.8 Å². The smallest absolute Gasteiger partial charge is 0.251 e. The van der Waals surface area contributed by atoms with Crippen LogP contribution in [-0.4, -0.2) is 17.6 Å². The number of aliphatic hydroxyl groups is 1. The summed E-state index contributed by atoms with van der Waals surface area (Å²) in [5.74, 6) is -0.910. The Balaban J connectivity index is 1.98. The van der Waals surface area contributed by atoms with E-state index in [2.05, 4.69) is 21.2 Å². The van der Waals surface area contributed by atoms with Crippen molar-refractivity contribution < 1.29 is 14.3 Å². The van der Waals surface area contributed by atoms with E-state index in [9.17, 15) is 14.3 Å². The number of aliphatic hydroxyl groups excluding tert-OH is 1. The van der Waals surface area contributed by atoms with Crippen molar-refractivity contribution in [1.82, 2.24) is 5.32 Å². The first-order valence-electron chi connectivity index (χ1n) is 5.50. The van der Waals surface area contributed by atoms with Crippen LogP contribution in [-0.2, 0) is 0 Å². The van der Waals surface area contributed by atoms with E-state index in [1.54, 1.807) is 6.07 Å². The molecule has 19 heavy (non-hydrogen) atoms. The van der Waals surface area contributed by atoms with Crippen molar-refractivity contribution >= 4 is 33.2 Å². The first-order valence-corrected chi connectivity index (χ1v) is 7.24. The van der Waals surface area contributed by atoms with Crippen LogP contribution in [0.25, 0.3) is 0 Å². The summed E-state index contributed by atoms with van der Waals surface area (Å²) in [7, 11) is 0. The minimum absolute atomic E-state index is 0.0870. The predicted molar refractivity (Wildman–Crippen MR) is 75.7 cm³/mol. The second-order valence-electron chi connectivity index (χ2n) is 3.94. The standard InChI is InChI=1S/C13H11BrFNO2S/c14-10-3-9(4-11(15)5-10)13(18)16-6-12(17)8-1-2-19-7-8/h1-5,7,12,17H,6H2,(H,16,18).